The van der Waals surface area contributed by atoms with E-state index in [1.165, 1.54) is 6.07 Å². The Balaban J connectivity index is 1.82. The lowest BCUT2D eigenvalue weighted by Gasteiger charge is -2.12. The molecule has 1 atom stereocenters. The van der Waals surface area contributed by atoms with Gasteiger partial charge in [-0.25, -0.2) is 13.6 Å². The van der Waals surface area contributed by atoms with Crippen molar-refractivity contribution in [3.63, 3.8) is 0 Å². The number of anilines is 1. The van der Waals surface area contributed by atoms with Crippen molar-refractivity contribution in [2.45, 2.75) is 18.9 Å². The molecular formula is C12H14F2N2O2. The Morgan fingerprint density at radius 3 is 2.94 bits per heavy atom. The van der Waals surface area contributed by atoms with E-state index in [-0.39, 0.29) is 11.8 Å². The van der Waals surface area contributed by atoms with Crippen LogP contribution in [0.15, 0.2) is 18.2 Å². The molecule has 1 saturated heterocycles. The van der Waals surface area contributed by atoms with Crippen LogP contribution in [-0.2, 0) is 4.74 Å². The van der Waals surface area contributed by atoms with Gasteiger partial charge in [-0.05, 0) is 25.0 Å². The molecule has 2 N–H and O–H groups in total. The lowest BCUT2D eigenvalue weighted by molar-refractivity contribution is 0.112. The maximum Gasteiger partial charge on any atom is 0.319 e. The Morgan fingerprint density at radius 1 is 1.44 bits per heavy atom. The van der Waals surface area contributed by atoms with Crippen molar-refractivity contribution < 1.29 is 18.3 Å². The summed E-state index contributed by atoms with van der Waals surface area (Å²) in [5.41, 5.74) is -0.0544. The molecular weight excluding hydrogens is 242 g/mol. The summed E-state index contributed by atoms with van der Waals surface area (Å²) in [5, 5.41) is 4.89. The van der Waals surface area contributed by atoms with E-state index in [9.17, 15) is 13.6 Å². The van der Waals surface area contributed by atoms with Crippen LogP contribution in [0.4, 0.5) is 19.3 Å². The molecule has 0 aromatic heterocycles. The minimum Gasteiger partial charge on any atom is -0.376 e. The molecule has 0 aliphatic carbocycles. The number of hydrogen-bond acceptors (Lipinski definition) is 2. The first-order valence-corrected chi connectivity index (χ1v) is 5.76. The summed E-state index contributed by atoms with van der Waals surface area (Å²) in [4.78, 5) is 11.5. The van der Waals surface area contributed by atoms with E-state index in [1.807, 2.05) is 0 Å². The second-order valence-electron chi connectivity index (χ2n) is 4.09. The van der Waals surface area contributed by atoms with E-state index in [1.54, 1.807) is 0 Å². The standard InChI is InChI=1S/C12H14F2N2O2/c13-8-3-4-11(10(14)6-8)16-12(17)15-7-9-2-1-5-18-9/h3-4,6,9H,1-2,5,7H2,(H2,15,16,17)/t9-/m0/s1. The zero-order valence-corrected chi connectivity index (χ0v) is 9.71. The van der Waals surface area contributed by atoms with Gasteiger partial charge in [0.1, 0.15) is 11.6 Å². The molecule has 4 nitrogen and oxygen atoms in total. The second kappa shape index (κ2) is 5.77. The Hall–Kier alpha value is -1.69. The molecule has 1 aliphatic rings. The zero-order chi connectivity index (χ0) is 13.0. The molecule has 0 saturated carbocycles. The Kier molecular flexibility index (Phi) is 4.09. The largest absolute Gasteiger partial charge is 0.376 e. The number of halogens is 2. The van der Waals surface area contributed by atoms with Crippen LogP contribution < -0.4 is 10.6 Å². The fourth-order valence-electron chi connectivity index (χ4n) is 1.77. The van der Waals surface area contributed by atoms with Crippen LogP contribution in [0.3, 0.4) is 0 Å². The maximum atomic E-state index is 13.2. The fraction of sp³-hybridized carbons (Fsp3) is 0.417. The summed E-state index contributed by atoms with van der Waals surface area (Å²) < 4.78 is 31.2. The fourth-order valence-corrected chi connectivity index (χ4v) is 1.77. The first-order chi connectivity index (χ1) is 8.65. The molecule has 2 amide bonds. The van der Waals surface area contributed by atoms with Gasteiger partial charge in [-0.15, -0.1) is 0 Å². The molecule has 1 heterocycles. The van der Waals surface area contributed by atoms with Crippen molar-refractivity contribution in [2.24, 2.45) is 0 Å². The topological polar surface area (TPSA) is 50.4 Å². The minimum absolute atomic E-state index is 0.0221. The van der Waals surface area contributed by atoms with Crippen molar-refractivity contribution in [2.75, 3.05) is 18.5 Å². The highest BCUT2D eigenvalue weighted by Crippen LogP contribution is 2.15. The molecule has 0 unspecified atom stereocenters. The van der Waals surface area contributed by atoms with Gasteiger partial charge in [-0.2, -0.15) is 0 Å². The molecule has 0 bridgehead atoms. The van der Waals surface area contributed by atoms with Crippen LogP contribution in [0.5, 0.6) is 0 Å². The van der Waals surface area contributed by atoms with Crippen LogP contribution in [0, 0.1) is 11.6 Å². The average molecular weight is 256 g/mol. The van der Waals surface area contributed by atoms with E-state index < -0.39 is 17.7 Å². The maximum absolute atomic E-state index is 13.2. The highest BCUT2D eigenvalue weighted by molar-refractivity contribution is 5.89. The highest BCUT2D eigenvalue weighted by atomic mass is 19.1. The molecule has 1 fully saturated rings. The number of nitrogens with one attached hydrogen (secondary N) is 2. The van der Waals surface area contributed by atoms with E-state index in [2.05, 4.69) is 10.6 Å². The predicted octanol–water partition coefficient (Wildman–Crippen LogP) is 2.27. The van der Waals surface area contributed by atoms with E-state index in [0.29, 0.717) is 13.2 Å². The lowest BCUT2D eigenvalue weighted by Crippen LogP contribution is -2.35. The van der Waals surface area contributed by atoms with Crippen LogP contribution in [0.25, 0.3) is 0 Å². The van der Waals surface area contributed by atoms with Crippen LogP contribution in [0.2, 0.25) is 0 Å². The smallest absolute Gasteiger partial charge is 0.319 e. The molecule has 98 valence electrons. The summed E-state index contributed by atoms with van der Waals surface area (Å²) in [6.07, 6.45) is 1.92. The second-order valence-corrected chi connectivity index (χ2v) is 4.09. The third-order valence-electron chi connectivity index (χ3n) is 2.69. The van der Waals surface area contributed by atoms with Gasteiger partial charge in [-0.1, -0.05) is 0 Å². The van der Waals surface area contributed by atoms with Gasteiger partial charge >= 0.3 is 6.03 Å². The quantitative estimate of drug-likeness (QED) is 0.871. The number of amides is 2. The van der Waals surface area contributed by atoms with Crippen LogP contribution in [0.1, 0.15) is 12.8 Å². The number of urea groups is 1. The average Bonchev–Trinajstić information content (AvgIpc) is 2.83. The molecule has 1 aliphatic heterocycles. The van der Waals surface area contributed by atoms with Gasteiger partial charge in [0.2, 0.25) is 0 Å². The van der Waals surface area contributed by atoms with Crippen molar-refractivity contribution in [3.8, 4) is 0 Å². The van der Waals surface area contributed by atoms with Gasteiger partial charge < -0.3 is 15.4 Å². The summed E-state index contributed by atoms with van der Waals surface area (Å²) in [6, 6.07) is 2.45. The monoisotopic (exact) mass is 256 g/mol. The van der Waals surface area contributed by atoms with Gasteiger partial charge in [0.05, 0.1) is 11.8 Å². The number of rotatable bonds is 3. The predicted molar refractivity (Wildman–Crippen MR) is 62.4 cm³/mol. The summed E-state index contributed by atoms with van der Waals surface area (Å²) in [6.45, 7) is 1.09. The summed E-state index contributed by atoms with van der Waals surface area (Å²) >= 11 is 0. The molecule has 0 spiro atoms. The molecule has 18 heavy (non-hydrogen) atoms. The van der Waals surface area contributed by atoms with Gasteiger partial charge in [0, 0.05) is 19.2 Å². The Labute approximate surface area is 103 Å². The minimum atomic E-state index is -0.803. The van der Waals surface area contributed by atoms with Gasteiger partial charge in [0.15, 0.2) is 0 Å². The lowest BCUT2D eigenvalue weighted by atomic mass is 10.2. The summed E-state index contributed by atoms with van der Waals surface area (Å²) in [7, 11) is 0. The van der Waals surface area contributed by atoms with Crippen LogP contribution >= 0.6 is 0 Å². The first-order valence-electron chi connectivity index (χ1n) is 5.76. The van der Waals surface area contributed by atoms with E-state index in [0.717, 1.165) is 25.0 Å². The van der Waals surface area contributed by atoms with Crippen molar-refractivity contribution in [1.29, 1.82) is 0 Å². The third kappa shape index (κ3) is 3.40. The van der Waals surface area contributed by atoms with Crippen LogP contribution in [-0.4, -0.2) is 25.3 Å². The van der Waals surface area contributed by atoms with E-state index >= 15 is 0 Å². The van der Waals surface area contributed by atoms with Crippen molar-refractivity contribution >= 4 is 11.7 Å². The number of ether oxygens (including phenoxy) is 1. The number of hydrogen-bond donors (Lipinski definition) is 2. The molecule has 1 aromatic carbocycles. The normalized spacial score (nSPS) is 18.7. The van der Waals surface area contributed by atoms with E-state index in [4.69, 9.17) is 4.74 Å². The molecule has 2 rings (SSSR count). The van der Waals surface area contributed by atoms with Crippen molar-refractivity contribution in [3.05, 3.63) is 29.8 Å². The zero-order valence-electron chi connectivity index (χ0n) is 9.71. The SMILES string of the molecule is O=C(NC[C@@H]1CCCO1)Nc1ccc(F)cc1F. The third-order valence-corrected chi connectivity index (χ3v) is 2.69. The van der Waals surface area contributed by atoms with Gasteiger partial charge in [0.25, 0.3) is 0 Å². The number of carbonyl (C=O) groups is 1. The molecule has 6 heteroatoms. The number of carbonyl (C=O) groups excluding carboxylic acids is 1. The highest BCUT2D eigenvalue weighted by Gasteiger charge is 2.16. The molecule has 1 aromatic rings. The first kappa shape index (κ1) is 12.8. The van der Waals surface area contributed by atoms with Crippen molar-refractivity contribution in [1.82, 2.24) is 5.32 Å². The van der Waals surface area contributed by atoms with Gasteiger partial charge in [-0.3, -0.25) is 0 Å². The number of benzene rings is 1. The summed E-state index contributed by atoms with van der Waals surface area (Å²) in [5.74, 6) is -1.49. The molecule has 0 radical (unpaired) electrons. The Morgan fingerprint density at radius 2 is 2.28 bits per heavy atom. The Bertz CT molecular complexity index is 434.